The van der Waals surface area contributed by atoms with Crippen LogP contribution in [-0.2, 0) is 21.5 Å². The predicted octanol–water partition coefficient (Wildman–Crippen LogP) is 3.55. The second-order valence-corrected chi connectivity index (χ2v) is 8.82. The fourth-order valence-electron chi connectivity index (χ4n) is 5.60. The standard InChI is InChI=1S/C24H30N2O3/c27-23(26-11-14-28-15-12-26)16-19-17-24(22-6-2-1-5-21(19)22)7-9-25(10-8-24)18-20-4-3-13-29-20/h1-6,13,19H,7-12,14-18H2/t19-/m1/s1. The molecule has 1 amide bonds. The molecule has 0 N–H and O–H groups in total. The van der Waals surface area contributed by atoms with Gasteiger partial charge in [-0.2, -0.15) is 0 Å². The quantitative estimate of drug-likeness (QED) is 0.796. The van der Waals surface area contributed by atoms with E-state index in [9.17, 15) is 4.79 Å². The summed E-state index contributed by atoms with van der Waals surface area (Å²) in [5, 5.41) is 0. The second-order valence-electron chi connectivity index (χ2n) is 8.82. The van der Waals surface area contributed by atoms with Crippen LogP contribution < -0.4 is 0 Å². The molecule has 1 aromatic carbocycles. The molecule has 29 heavy (non-hydrogen) atoms. The van der Waals surface area contributed by atoms with Crippen molar-refractivity contribution in [3.8, 4) is 0 Å². The summed E-state index contributed by atoms with van der Waals surface area (Å²) in [5.41, 5.74) is 3.14. The zero-order valence-electron chi connectivity index (χ0n) is 17.0. The van der Waals surface area contributed by atoms with Gasteiger partial charge in [0.2, 0.25) is 5.91 Å². The van der Waals surface area contributed by atoms with E-state index in [0.717, 1.165) is 57.7 Å². The minimum Gasteiger partial charge on any atom is -0.468 e. The average molecular weight is 395 g/mol. The van der Waals surface area contributed by atoms with E-state index >= 15 is 0 Å². The van der Waals surface area contributed by atoms with Crippen molar-refractivity contribution in [3.63, 3.8) is 0 Å². The molecule has 3 heterocycles. The van der Waals surface area contributed by atoms with Gasteiger partial charge in [0.15, 0.2) is 0 Å². The molecule has 2 aliphatic heterocycles. The highest BCUT2D eigenvalue weighted by Gasteiger charge is 2.45. The third-order valence-electron chi connectivity index (χ3n) is 7.17. The first-order chi connectivity index (χ1) is 14.2. The molecule has 3 aliphatic rings. The first-order valence-electron chi connectivity index (χ1n) is 10.9. The van der Waals surface area contributed by atoms with Crippen molar-refractivity contribution in [2.75, 3.05) is 39.4 Å². The number of carbonyl (C=O) groups is 1. The molecule has 0 radical (unpaired) electrons. The number of furan rings is 1. The van der Waals surface area contributed by atoms with Crippen molar-refractivity contribution in [1.82, 2.24) is 9.80 Å². The maximum atomic E-state index is 12.9. The van der Waals surface area contributed by atoms with Gasteiger partial charge in [0.1, 0.15) is 5.76 Å². The molecule has 2 saturated heterocycles. The van der Waals surface area contributed by atoms with E-state index < -0.39 is 0 Å². The van der Waals surface area contributed by atoms with Crippen LogP contribution in [0.1, 0.15) is 48.5 Å². The van der Waals surface area contributed by atoms with Gasteiger partial charge in [0.25, 0.3) is 0 Å². The van der Waals surface area contributed by atoms with Gasteiger partial charge in [0.05, 0.1) is 26.0 Å². The van der Waals surface area contributed by atoms with Crippen LogP contribution in [0.2, 0.25) is 0 Å². The van der Waals surface area contributed by atoms with Crippen LogP contribution in [-0.4, -0.2) is 55.1 Å². The van der Waals surface area contributed by atoms with E-state index in [4.69, 9.17) is 9.15 Å². The molecule has 2 fully saturated rings. The molecule has 1 aliphatic carbocycles. The average Bonchev–Trinajstić information content (AvgIpc) is 3.38. The van der Waals surface area contributed by atoms with Crippen LogP contribution in [0.5, 0.6) is 0 Å². The Bertz CT molecular complexity index is 834. The molecule has 1 spiro atoms. The molecule has 1 aromatic heterocycles. The van der Waals surface area contributed by atoms with E-state index in [1.165, 1.54) is 11.1 Å². The molecule has 154 valence electrons. The number of amides is 1. The molecular formula is C24H30N2O3. The SMILES string of the molecule is O=C(C[C@@H]1CC2(CCN(Cc3ccco3)CC2)c2ccccc21)N1CCOCC1. The summed E-state index contributed by atoms with van der Waals surface area (Å²) in [6.45, 7) is 5.87. The van der Waals surface area contributed by atoms with Crippen molar-refractivity contribution in [1.29, 1.82) is 0 Å². The monoisotopic (exact) mass is 394 g/mol. The van der Waals surface area contributed by atoms with Crippen LogP contribution in [0, 0.1) is 0 Å². The Balaban J connectivity index is 1.28. The van der Waals surface area contributed by atoms with Gasteiger partial charge in [-0.25, -0.2) is 0 Å². The Morgan fingerprint density at radius 3 is 2.59 bits per heavy atom. The first kappa shape index (κ1) is 18.9. The Kier molecular flexibility index (Phi) is 5.18. The highest BCUT2D eigenvalue weighted by Crippen LogP contribution is 2.52. The summed E-state index contributed by atoms with van der Waals surface area (Å²) in [7, 11) is 0. The van der Waals surface area contributed by atoms with E-state index in [1.54, 1.807) is 6.26 Å². The number of likely N-dealkylation sites (tertiary alicyclic amines) is 1. The van der Waals surface area contributed by atoms with Gasteiger partial charge in [0, 0.05) is 19.5 Å². The second kappa shape index (κ2) is 7.96. The summed E-state index contributed by atoms with van der Waals surface area (Å²) in [4.78, 5) is 17.4. The van der Waals surface area contributed by atoms with Crippen molar-refractivity contribution in [3.05, 3.63) is 59.5 Å². The number of nitrogens with zero attached hydrogens (tertiary/aromatic N) is 2. The first-order valence-corrected chi connectivity index (χ1v) is 10.9. The van der Waals surface area contributed by atoms with Crippen LogP contribution in [0.15, 0.2) is 47.1 Å². The zero-order chi connectivity index (χ0) is 19.7. The van der Waals surface area contributed by atoms with Crippen molar-refractivity contribution in [2.45, 2.75) is 43.6 Å². The Hall–Kier alpha value is -2.11. The van der Waals surface area contributed by atoms with Crippen molar-refractivity contribution < 1.29 is 13.9 Å². The number of hydrogen-bond donors (Lipinski definition) is 0. The van der Waals surface area contributed by atoms with Crippen LogP contribution >= 0.6 is 0 Å². The lowest BCUT2D eigenvalue weighted by Crippen LogP contribution is -2.42. The molecular weight excluding hydrogens is 364 g/mol. The molecule has 5 nitrogen and oxygen atoms in total. The van der Waals surface area contributed by atoms with Crippen molar-refractivity contribution >= 4 is 5.91 Å². The number of benzene rings is 1. The fourth-order valence-corrected chi connectivity index (χ4v) is 5.60. The maximum absolute atomic E-state index is 12.9. The Morgan fingerprint density at radius 2 is 1.83 bits per heavy atom. The predicted molar refractivity (Wildman–Crippen MR) is 111 cm³/mol. The van der Waals surface area contributed by atoms with Crippen molar-refractivity contribution in [2.24, 2.45) is 0 Å². The molecule has 1 atom stereocenters. The summed E-state index contributed by atoms with van der Waals surface area (Å²) in [6, 6.07) is 12.9. The van der Waals surface area contributed by atoms with E-state index in [-0.39, 0.29) is 5.41 Å². The summed E-state index contributed by atoms with van der Waals surface area (Å²) >= 11 is 0. The summed E-state index contributed by atoms with van der Waals surface area (Å²) < 4.78 is 10.9. The highest BCUT2D eigenvalue weighted by molar-refractivity contribution is 5.77. The van der Waals surface area contributed by atoms with Gasteiger partial charge < -0.3 is 14.1 Å². The minimum atomic E-state index is 0.228. The fraction of sp³-hybridized carbons (Fsp3) is 0.542. The van der Waals surface area contributed by atoms with Crippen LogP contribution in [0.3, 0.4) is 0 Å². The lowest BCUT2D eigenvalue weighted by molar-refractivity contribution is -0.135. The number of carbonyl (C=O) groups excluding carboxylic acids is 1. The normalized spacial score (nSPS) is 24.0. The maximum Gasteiger partial charge on any atom is 0.223 e. The summed E-state index contributed by atoms with van der Waals surface area (Å²) in [6.07, 6.45) is 5.82. The van der Waals surface area contributed by atoms with E-state index in [2.05, 4.69) is 35.2 Å². The minimum absolute atomic E-state index is 0.228. The lowest BCUT2D eigenvalue weighted by Gasteiger charge is -2.40. The lowest BCUT2D eigenvalue weighted by atomic mass is 9.73. The van der Waals surface area contributed by atoms with Gasteiger partial charge in [-0.1, -0.05) is 24.3 Å². The number of ether oxygens (including phenoxy) is 1. The number of hydrogen-bond acceptors (Lipinski definition) is 4. The third-order valence-corrected chi connectivity index (χ3v) is 7.17. The Morgan fingerprint density at radius 1 is 1.03 bits per heavy atom. The summed E-state index contributed by atoms with van der Waals surface area (Å²) in [5.74, 6) is 1.68. The largest absolute Gasteiger partial charge is 0.468 e. The number of fused-ring (bicyclic) bond motifs is 2. The molecule has 0 bridgehead atoms. The molecule has 5 rings (SSSR count). The highest BCUT2D eigenvalue weighted by atomic mass is 16.5. The number of piperidine rings is 1. The van der Waals surface area contributed by atoms with Gasteiger partial charge in [-0.3, -0.25) is 9.69 Å². The molecule has 2 aromatic rings. The van der Waals surface area contributed by atoms with Gasteiger partial charge >= 0.3 is 0 Å². The smallest absolute Gasteiger partial charge is 0.223 e. The van der Waals surface area contributed by atoms with Gasteiger partial charge in [-0.15, -0.1) is 0 Å². The van der Waals surface area contributed by atoms with Gasteiger partial charge in [-0.05, 0) is 66.9 Å². The zero-order valence-corrected chi connectivity index (χ0v) is 17.0. The molecule has 5 heteroatoms. The van der Waals surface area contributed by atoms with Crippen LogP contribution in [0.4, 0.5) is 0 Å². The van der Waals surface area contributed by atoms with Crippen LogP contribution in [0.25, 0.3) is 0 Å². The third kappa shape index (κ3) is 3.74. The van der Waals surface area contributed by atoms with E-state index in [1.807, 2.05) is 11.0 Å². The Labute approximate surface area is 172 Å². The van der Waals surface area contributed by atoms with E-state index in [0.29, 0.717) is 31.5 Å². The topological polar surface area (TPSA) is 45.9 Å². The molecule has 0 unspecified atom stereocenters. The number of morpholine rings is 1. The molecule has 0 saturated carbocycles. The number of rotatable bonds is 4.